The molecule has 27 heavy (non-hydrogen) atoms. The quantitative estimate of drug-likeness (QED) is 0.713. The molecule has 1 heterocycles. The minimum Gasteiger partial charge on any atom is -0.492 e. The molecule has 0 spiro atoms. The van der Waals surface area contributed by atoms with Crippen LogP contribution in [-0.4, -0.2) is 17.7 Å². The first-order chi connectivity index (χ1) is 13.1. The fourth-order valence-corrected chi connectivity index (χ4v) is 3.18. The molecule has 0 saturated carbocycles. The number of benzene rings is 3. The monoisotopic (exact) mass is 364 g/mol. The van der Waals surface area contributed by atoms with E-state index in [1.165, 1.54) is 6.07 Å². The number of hydrogen-bond donors (Lipinski definition) is 1. The smallest absolute Gasteiger partial charge is 0.335 e. The zero-order valence-corrected chi connectivity index (χ0v) is 14.4. The Morgan fingerprint density at radius 1 is 1.11 bits per heavy atom. The van der Waals surface area contributed by atoms with Gasteiger partial charge in [0.1, 0.15) is 23.9 Å². The van der Waals surface area contributed by atoms with Crippen molar-refractivity contribution < 1.29 is 23.8 Å². The Kier molecular flexibility index (Phi) is 4.50. The normalized spacial score (nSPS) is 12.3. The Balaban J connectivity index is 1.50. The van der Waals surface area contributed by atoms with Crippen molar-refractivity contribution in [2.75, 3.05) is 6.61 Å². The molecular weight excluding hydrogens is 347 g/mol. The van der Waals surface area contributed by atoms with E-state index in [4.69, 9.17) is 14.6 Å². The second kappa shape index (κ2) is 7.11. The van der Waals surface area contributed by atoms with Gasteiger partial charge in [0.05, 0.1) is 12.2 Å². The lowest BCUT2D eigenvalue weighted by atomic mass is 10.0. The number of ether oxygens (including phenoxy) is 2. The number of hydrogen-bond acceptors (Lipinski definition) is 3. The van der Waals surface area contributed by atoms with E-state index in [9.17, 15) is 9.18 Å². The number of halogens is 1. The van der Waals surface area contributed by atoms with Crippen molar-refractivity contribution in [3.8, 4) is 22.6 Å². The van der Waals surface area contributed by atoms with Gasteiger partial charge in [-0.25, -0.2) is 9.18 Å². The van der Waals surface area contributed by atoms with E-state index in [0.717, 1.165) is 16.7 Å². The lowest BCUT2D eigenvalue weighted by Gasteiger charge is -2.11. The summed E-state index contributed by atoms with van der Waals surface area (Å²) in [6.07, 6.45) is 0.589. The molecule has 136 valence electrons. The van der Waals surface area contributed by atoms with E-state index in [1.54, 1.807) is 24.3 Å². The third kappa shape index (κ3) is 3.49. The lowest BCUT2D eigenvalue weighted by molar-refractivity contribution is 0.0696. The number of rotatable bonds is 5. The van der Waals surface area contributed by atoms with Gasteiger partial charge in [0, 0.05) is 17.5 Å². The fraction of sp³-hybridized carbons (Fsp3) is 0.136. The predicted molar refractivity (Wildman–Crippen MR) is 98.8 cm³/mol. The molecular formula is C22H17FO4. The molecule has 0 unspecified atom stereocenters. The van der Waals surface area contributed by atoms with E-state index in [1.807, 2.05) is 30.3 Å². The minimum atomic E-state index is -0.963. The number of carboxylic acids is 1. The van der Waals surface area contributed by atoms with Gasteiger partial charge >= 0.3 is 5.97 Å². The minimum absolute atomic E-state index is 0.227. The molecule has 1 N–H and O–H groups in total. The van der Waals surface area contributed by atoms with Crippen molar-refractivity contribution in [1.29, 1.82) is 0 Å². The number of carbonyl (C=O) groups is 1. The van der Waals surface area contributed by atoms with Crippen LogP contribution in [0.5, 0.6) is 11.5 Å². The van der Waals surface area contributed by atoms with Crippen molar-refractivity contribution in [2.24, 2.45) is 0 Å². The van der Waals surface area contributed by atoms with Crippen molar-refractivity contribution in [1.82, 2.24) is 0 Å². The number of aromatic carboxylic acids is 1. The zero-order chi connectivity index (χ0) is 18.8. The molecule has 0 aliphatic carbocycles. The highest BCUT2D eigenvalue weighted by Crippen LogP contribution is 2.38. The fourth-order valence-electron chi connectivity index (χ4n) is 3.18. The van der Waals surface area contributed by atoms with Crippen LogP contribution >= 0.6 is 0 Å². The molecule has 3 aromatic rings. The molecule has 0 amide bonds. The maximum Gasteiger partial charge on any atom is 0.335 e. The Bertz CT molecular complexity index is 996. The van der Waals surface area contributed by atoms with Crippen LogP contribution in [0.25, 0.3) is 11.1 Å². The lowest BCUT2D eigenvalue weighted by Crippen LogP contribution is -2.00. The molecule has 4 nitrogen and oxygen atoms in total. The van der Waals surface area contributed by atoms with Crippen LogP contribution < -0.4 is 9.47 Å². The van der Waals surface area contributed by atoms with Crippen LogP contribution in [-0.2, 0) is 13.0 Å². The summed E-state index contributed by atoms with van der Waals surface area (Å²) in [7, 11) is 0. The average Bonchev–Trinajstić information content (AvgIpc) is 3.18. The summed E-state index contributed by atoms with van der Waals surface area (Å²) < 4.78 is 25.2. The molecule has 0 aromatic heterocycles. The number of fused-ring (bicyclic) bond motifs is 1. The van der Waals surface area contributed by atoms with Crippen molar-refractivity contribution in [3.05, 3.63) is 83.2 Å². The van der Waals surface area contributed by atoms with Gasteiger partial charge in [-0.15, -0.1) is 0 Å². The maximum absolute atomic E-state index is 13.9. The third-order valence-electron chi connectivity index (χ3n) is 4.55. The van der Waals surface area contributed by atoms with Crippen LogP contribution in [0.4, 0.5) is 4.39 Å². The first-order valence-electron chi connectivity index (χ1n) is 8.61. The van der Waals surface area contributed by atoms with Gasteiger partial charge in [-0.2, -0.15) is 0 Å². The van der Waals surface area contributed by atoms with Gasteiger partial charge in [0.2, 0.25) is 0 Å². The Hall–Kier alpha value is -3.34. The van der Waals surface area contributed by atoms with Gasteiger partial charge in [-0.3, -0.25) is 0 Å². The van der Waals surface area contributed by atoms with Gasteiger partial charge in [0.25, 0.3) is 0 Å². The second-order valence-electron chi connectivity index (χ2n) is 6.32. The summed E-state index contributed by atoms with van der Waals surface area (Å²) in [4.78, 5) is 11.0. The van der Waals surface area contributed by atoms with Crippen LogP contribution in [0.1, 0.15) is 21.5 Å². The standard InChI is InChI=1S/C22H17FO4/c23-20-9-8-18(21-19(20)10-11-26-21)15-4-6-17(7-5-15)27-13-14-2-1-3-16(12-14)22(24)25/h1-9,12H,10-11,13H2,(H,24,25). The molecule has 0 saturated heterocycles. The third-order valence-corrected chi connectivity index (χ3v) is 4.55. The van der Waals surface area contributed by atoms with Gasteiger partial charge in [-0.1, -0.05) is 24.3 Å². The first-order valence-corrected chi connectivity index (χ1v) is 8.61. The summed E-state index contributed by atoms with van der Waals surface area (Å²) >= 11 is 0. The van der Waals surface area contributed by atoms with Crippen LogP contribution in [0.3, 0.4) is 0 Å². The van der Waals surface area contributed by atoms with Crippen LogP contribution in [0, 0.1) is 5.82 Å². The Morgan fingerprint density at radius 2 is 1.93 bits per heavy atom. The van der Waals surface area contributed by atoms with E-state index in [2.05, 4.69) is 0 Å². The van der Waals surface area contributed by atoms with Crippen molar-refractivity contribution in [2.45, 2.75) is 13.0 Å². The van der Waals surface area contributed by atoms with Gasteiger partial charge in [-0.05, 0) is 47.5 Å². The van der Waals surface area contributed by atoms with E-state index in [0.29, 0.717) is 30.1 Å². The maximum atomic E-state index is 13.9. The molecule has 1 aliphatic heterocycles. The highest BCUT2D eigenvalue weighted by atomic mass is 19.1. The molecule has 4 rings (SSSR count). The highest BCUT2D eigenvalue weighted by Gasteiger charge is 2.21. The van der Waals surface area contributed by atoms with Crippen LogP contribution in [0.2, 0.25) is 0 Å². The first kappa shape index (κ1) is 17.1. The molecule has 5 heteroatoms. The summed E-state index contributed by atoms with van der Waals surface area (Å²) in [5.41, 5.74) is 3.43. The molecule has 0 bridgehead atoms. The Morgan fingerprint density at radius 3 is 2.70 bits per heavy atom. The van der Waals surface area contributed by atoms with Crippen molar-refractivity contribution >= 4 is 5.97 Å². The van der Waals surface area contributed by atoms with Gasteiger partial charge in [0.15, 0.2) is 0 Å². The topological polar surface area (TPSA) is 55.8 Å². The summed E-state index contributed by atoms with van der Waals surface area (Å²) in [5.74, 6) is 0.0957. The van der Waals surface area contributed by atoms with Gasteiger partial charge < -0.3 is 14.6 Å². The molecule has 0 atom stereocenters. The van der Waals surface area contributed by atoms with Crippen LogP contribution in [0.15, 0.2) is 60.7 Å². The average molecular weight is 364 g/mol. The largest absolute Gasteiger partial charge is 0.492 e. The predicted octanol–water partition coefficient (Wildman–Crippen LogP) is 4.70. The van der Waals surface area contributed by atoms with E-state index >= 15 is 0 Å². The molecule has 0 fully saturated rings. The summed E-state index contributed by atoms with van der Waals surface area (Å²) in [6.45, 7) is 0.773. The summed E-state index contributed by atoms with van der Waals surface area (Å²) in [6, 6.07) is 17.3. The highest BCUT2D eigenvalue weighted by molar-refractivity contribution is 5.87. The Labute approximate surface area is 155 Å². The second-order valence-corrected chi connectivity index (χ2v) is 6.32. The molecule has 3 aromatic carbocycles. The van der Waals surface area contributed by atoms with E-state index in [-0.39, 0.29) is 18.0 Å². The zero-order valence-electron chi connectivity index (χ0n) is 14.4. The van der Waals surface area contributed by atoms with E-state index < -0.39 is 5.97 Å². The SMILES string of the molecule is O=C(O)c1cccc(COc2ccc(-c3ccc(F)c4c3OCC4)cc2)c1. The molecule has 1 aliphatic rings. The number of carboxylic acid groups (broad SMARTS) is 1. The summed E-state index contributed by atoms with van der Waals surface area (Å²) in [5, 5.41) is 9.04. The molecule has 0 radical (unpaired) electrons. The van der Waals surface area contributed by atoms with Crippen molar-refractivity contribution in [3.63, 3.8) is 0 Å².